The molecule has 0 radical (unpaired) electrons. The van der Waals surface area contributed by atoms with Gasteiger partial charge in [-0.2, -0.15) is 0 Å². The Labute approximate surface area is 114 Å². The van der Waals surface area contributed by atoms with E-state index in [-0.39, 0.29) is 11.8 Å². The summed E-state index contributed by atoms with van der Waals surface area (Å²) in [7, 11) is 0. The summed E-state index contributed by atoms with van der Waals surface area (Å²) in [6.07, 6.45) is 0.975. The van der Waals surface area contributed by atoms with E-state index in [4.69, 9.17) is 9.84 Å². The van der Waals surface area contributed by atoms with Crippen molar-refractivity contribution in [2.24, 2.45) is 0 Å². The van der Waals surface area contributed by atoms with Crippen molar-refractivity contribution in [3.05, 3.63) is 33.9 Å². The Hall–Kier alpha value is -2.59. The van der Waals surface area contributed by atoms with Gasteiger partial charge in [0.25, 0.3) is 5.69 Å². The molecular formula is C13H12N2O5. The molecule has 1 atom stereocenters. The lowest BCUT2D eigenvalue weighted by Gasteiger charge is -2.26. The third-order valence-corrected chi connectivity index (χ3v) is 2.82. The molecule has 0 aliphatic carbocycles. The van der Waals surface area contributed by atoms with E-state index in [9.17, 15) is 14.9 Å². The van der Waals surface area contributed by atoms with Crippen LogP contribution in [-0.4, -0.2) is 35.3 Å². The number of carbonyl (C=O) groups is 1. The van der Waals surface area contributed by atoms with E-state index in [1.54, 1.807) is 0 Å². The van der Waals surface area contributed by atoms with Gasteiger partial charge in [0.2, 0.25) is 0 Å². The van der Waals surface area contributed by atoms with Crippen LogP contribution < -0.4 is 5.32 Å². The Morgan fingerprint density at radius 2 is 2.35 bits per heavy atom. The number of nitrogens with zero attached hydrogens (tertiary/aromatic N) is 1. The quantitative estimate of drug-likeness (QED) is 0.487. The Kier molecular flexibility index (Phi) is 4.17. The van der Waals surface area contributed by atoms with Gasteiger partial charge in [0.05, 0.1) is 11.0 Å². The number of carboxylic acids is 1. The molecule has 1 aliphatic rings. The Bertz CT molecular complexity index is 599. The summed E-state index contributed by atoms with van der Waals surface area (Å²) in [6, 6.07) is 4.18. The van der Waals surface area contributed by atoms with Crippen LogP contribution in [0.5, 0.6) is 0 Å². The van der Waals surface area contributed by atoms with Crippen LogP contribution in [0.15, 0.2) is 18.2 Å². The smallest absolute Gasteiger partial charge is 0.382 e. The van der Waals surface area contributed by atoms with Crippen LogP contribution in [0.1, 0.15) is 12.0 Å². The van der Waals surface area contributed by atoms with Crippen molar-refractivity contribution in [1.82, 2.24) is 0 Å². The average Bonchev–Trinajstić information content (AvgIpc) is 2.34. The van der Waals surface area contributed by atoms with Crippen LogP contribution in [-0.2, 0) is 9.53 Å². The van der Waals surface area contributed by atoms with Crippen LogP contribution in [0.4, 0.5) is 11.4 Å². The Balaban J connectivity index is 2.19. The van der Waals surface area contributed by atoms with Crippen molar-refractivity contribution in [2.45, 2.75) is 12.5 Å². The number of nitro groups is 1. The fraction of sp³-hybridized carbons (Fsp3) is 0.308. The molecule has 2 rings (SSSR count). The van der Waals surface area contributed by atoms with E-state index in [1.807, 2.05) is 5.92 Å². The number of carboxylic acid groups (broad SMARTS) is 1. The molecule has 0 aromatic heterocycles. The largest absolute Gasteiger partial charge is 0.472 e. The van der Waals surface area contributed by atoms with Gasteiger partial charge in [0.1, 0.15) is 5.69 Å². The van der Waals surface area contributed by atoms with E-state index in [0.29, 0.717) is 24.4 Å². The second kappa shape index (κ2) is 6.04. The molecule has 104 valence electrons. The van der Waals surface area contributed by atoms with Gasteiger partial charge in [-0.15, -0.1) is 0 Å². The molecule has 1 saturated heterocycles. The number of nitro benzene ring substituents is 1. The predicted molar refractivity (Wildman–Crippen MR) is 70.5 cm³/mol. The van der Waals surface area contributed by atoms with Gasteiger partial charge < -0.3 is 15.2 Å². The summed E-state index contributed by atoms with van der Waals surface area (Å²) in [5, 5.41) is 22.4. The van der Waals surface area contributed by atoms with Crippen LogP contribution in [0.2, 0.25) is 0 Å². The van der Waals surface area contributed by atoms with Crippen molar-refractivity contribution in [3.8, 4) is 11.8 Å². The molecule has 1 aromatic rings. The predicted octanol–water partition coefficient (Wildman–Crippen LogP) is 1.23. The first-order valence-corrected chi connectivity index (χ1v) is 5.95. The van der Waals surface area contributed by atoms with E-state index in [2.05, 4.69) is 11.2 Å². The number of hydrogen-bond donors (Lipinski definition) is 2. The highest BCUT2D eigenvalue weighted by molar-refractivity contribution is 5.87. The summed E-state index contributed by atoms with van der Waals surface area (Å²) in [5.74, 6) is 3.14. The van der Waals surface area contributed by atoms with Crippen LogP contribution in [0.3, 0.4) is 0 Å². The zero-order valence-electron chi connectivity index (χ0n) is 10.5. The summed E-state index contributed by atoms with van der Waals surface area (Å²) in [6.45, 7) is 1.18. The maximum Gasteiger partial charge on any atom is 0.382 e. The molecule has 0 saturated carbocycles. The molecule has 1 aromatic carbocycles. The lowest BCUT2D eigenvalue weighted by atomic mass is 10.1. The summed E-state index contributed by atoms with van der Waals surface area (Å²) >= 11 is 0. The average molecular weight is 276 g/mol. The highest BCUT2D eigenvalue weighted by Gasteiger charge is 2.20. The molecule has 20 heavy (non-hydrogen) atoms. The normalized spacial score (nSPS) is 16.5. The summed E-state index contributed by atoms with van der Waals surface area (Å²) in [5.41, 5.74) is 0.628. The van der Waals surface area contributed by atoms with Gasteiger partial charge in [-0.05, 0) is 18.6 Å². The third-order valence-electron chi connectivity index (χ3n) is 2.82. The van der Waals surface area contributed by atoms with E-state index >= 15 is 0 Å². The Morgan fingerprint density at radius 3 is 2.90 bits per heavy atom. The number of benzene rings is 1. The number of nitrogens with one attached hydrogen (secondary N) is 1. The maximum atomic E-state index is 10.9. The van der Waals surface area contributed by atoms with E-state index < -0.39 is 10.9 Å². The van der Waals surface area contributed by atoms with Gasteiger partial charge in [-0.25, -0.2) is 4.79 Å². The molecule has 0 amide bonds. The van der Waals surface area contributed by atoms with Crippen LogP contribution in [0, 0.1) is 22.0 Å². The molecule has 7 nitrogen and oxygen atoms in total. The molecule has 7 heteroatoms. The van der Waals surface area contributed by atoms with Crippen molar-refractivity contribution >= 4 is 17.3 Å². The topological polar surface area (TPSA) is 102 Å². The van der Waals surface area contributed by atoms with Gasteiger partial charge in [-0.3, -0.25) is 10.1 Å². The maximum absolute atomic E-state index is 10.9. The summed E-state index contributed by atoms with van der Waals surface area (Å²) in [4.78, 5) is 20.8. The van der Waals surface area contributed by atoms with E-state index in [1.165, 1.54) is 18.2 Å². The minimum atomic E-state index is -1.25. The number of aliphatic carboxylic acids is 1. The van der Waals surface area contributed by atoms with Gasteiger partial charge >= 0.3 is 5.97 Å². The minimum absolute atomic E-state index is 0.0587. The molecule has 1 fully saturated rings. The van der Waals surface area contributed by atoms with Crippen molar-refractivity contribution in [3.63, 3.8) is 0 Å². The van der Waals surface area contributed by atoms with Crippen LogP contribution in [0.25, 0.3) is 0 Å². The highest BCUT2D eigenvalue weighted by Crippen LogP contribution is 2.26. The monoisotopic (exact) mass is 276 g/mol. The number of anilines is 1. The molecule has 0 bridgehead atoms. The standard InChI is InChI=1S/C13H12N2O5/c16-13(17)4-2-9-1-3-12(15(18)19)11(7-9)14-8-10-5-6-20-10/h1,3,7,10,14H,5-6,8H2,(H,16,17). The molecule has 1 aliphatic heterocycles. The number of ether oxygens (including phenoxy) is 1. The summed E-state index contributed by atoms with van der Waals surface area (Å²) < 4.78 is 5.22. The number of hydrogen-bond acceptors (Lipinski definition) is 5. The minimum Gasteiger partial charge on any atom is -0.472 e. The van der Waals surface area contributed by atoms with Gasteiger partial charge in [0.15, 0.2) is 0 Å². The lowest BCUT2D eigenvalue weighted by Crippen LogP contribution is -2.33. The fourth-order valence-corrected chi connectivity index (χ4v) is 1.71. The van der Waals surface area contributed by atoms with E-state index in [0.717, 1.165) is 6.42 Å². The Morgan fingerprint density at radius 1 is 1.60 bits per heavy atom. The van der Waals surface area contributed by atoms with Gasteiger partial charge in [0, 0.05) is 30.7 Å². The first-order valence-electron chi connectivity index (χ1n) is 5.95. The van der Waals surface area contributed by atoms with Crippen molar-refractivity contribution < 1.29 is 19.6 Å². The number of rotatable bonds is 4. The third kappa shape index (κ3) is 3.46. The molecule has 0 spiro atoms. The fourth-order valence-electron chi connectivity index (χ4n) is 1.71. The van der Waals surface area contributed by atoms with Crippen LogP contribution >= 0.6 is 0 Å². The molecule has 1 unspecified atom stereocenters. The van der Waals surface area contributed by atoms with Gasteiger partial charge in [-0.1, -0.05) is 5.92 Å². The highest BCUT2D eigenvalue weighted by atomic mass is 16.6. The lowest BCUT2D eigenvalue weighted by molar-refractivity contribution is -0.384. The first kappa shape index (κ1) is 13.8. The molecule has 1 heterocycles. The molecular weight excluding hydrogens is 264 g/mol. The first-order chi connectivity index (χ1) is 9.56. The second-order valence-corrected chi connectivity index (χ2v) is 4.21. The second-order valence-electron chi connectivity index (χ2n) is 4.21. The van der Waals surface area contributed by atoms with Crippen molar-refractivity contribution in [1.29, 1.82) is 0 Å². The SMILES string of the molecule is O=C(O)C#Cc1ccc([N+](=O)[O-])c(NCC2CCO2)c1. The molecule has 2 N–H and O–H groups in total. The van der Waals surface area contributed by atoms with Crippen molar-refractivity contribution in [2.75, 3.05) is 18.5 Å². The zero-order valence-corrected chi connectivity index (χ0v) is 10.5. The zero-order chi connectivity index (χ0) is 14.5.